The van der Waals surface area contributed by atoms with Crippen molar-refractivity contribution < 1.29 is 42.9 Å². The molecule has 0 spiro atoms. The van der Waals surface area contributed by atoms with Gasteiger partial charge in [-0.1, -0.05) is 490 Å². The summed E-state index contributed by atoms with van der Waals surface area (Å²) in [6.07, 6.45) is 94.8. The summed E-state index contributed by atoms with van der Waals surface area (Å²) >= 11 is 0. The Morgan fingerprint density at radius 2 is 0.379 bits per heavy atom. The highest BCUT2D eigenvalue weighted by Gasteiger charge is 2.48. The first-order chi connectivity index (χ1) is 50.9. The molecular weight excluding hydrogens is 1270 g/mol. The molecular formula is C94H180O9. The Kier molecular flexibility index (Phi) is 79.0. The van der Waals surface area contributed by atoms with Crippen LogP contribution in [-0.2, 0) is 42.9 Å². The Bertz CT molecular complexity index is 1740. The van der Waals surface area contributed by atoms with Gasteiger partial charge in [0.25, 0.3) is 0 Å². The maximum Gasteiger partial charge on any atom is 0.306 e. The average molecular weight is 1450 g/mol. The van der Waals surface area contributed by atoms with E-state index in [4.69, 9.17) is 23.7 Å². The van der Waals surface area contributed by atoms with Gasteiger partial charge in [0.2, 0.25) is 0 Å². The molecule has 103 heavy (non-hydrogen) atoms. The molecule has 1 aliphatic heterocycles. The Morgan fingerprint density at radius 3 is 0.583 bits per heavy atom. The Morgan fingerprint density at radius 1 is 0.214 bits per heavy atom. The second kappa shape index (κ2) is 82.3. The fourth-order valence-electron chi connectivity index (χ4n) is 15.6. The van der Waals surface area contributed by atoms with E-state index in [0.717, 1.165) is 64.2 Å². The first-order valence-corrected chi connectivity index (χ1v) is 47.2. The van der Waals surface area contributed by atoms with Gasteiger partial charge in [-0.15, -0.1) is 0 Å². The zero-order chi connectivity index (χ0) is 74.1. The lowest BCUT2D eigenvalue weighted by molar-refractivity contribution is -0.233. The van der Waals surface area contributed by atoms with Gasteiger partial charge in [-0.25, -0.2) is 0 Å². The highest BCUT2D eigenvalue weighted by molar-refractivity contribution is 5.72. The predicted octanol–water partition coefficient (Wildman–Crippen LogP) is 31.0. The molecule has 1 rings (SSSR count). The number of rotatable bonds is 85. The number of esters is 4. The lowest BCUT2D eigenvalue weighted by Crippen LogP contribution is -2.59. The van der Waals surface area contributed by atoms with Crippen LogP contribution in [0.4, 0.5) is 0 Å². The van der Waals surface area contributed by atoms with Crippen molar-refractivity contribution in [2.75, 3.05) is 13.2 Å². The largest absolute Gasteiger partial charge is 0.463 e. The zero-order valence-corrected chi connectivity index (χ0v) is 70.0. The van der Waals surface area contributed by atoms with Crippen molar-refractivity contribution in [2.24, 2.45) is 0 Å². The SMILES string of the molecule is CCCCCCCCCCCCCCCCCCCCCC(=O)OC[C@H]1OC[C@@H](OC(=O)CCCCCCCCCCCCCCCCCCCCC)[C@@H](OC(=O)CCCCCCCCCCCCCCCCCCCCC)[C@@H]1OC(=O)CCCCCCCCCCCCCCCCCCCCC. The summed E-state index contributed by atoms with van der Waals surface area (Å²) in [5.74, 6) is -1.45. The minimum absolute atomic E-state index is 0.0446. The molecule has 0 saturated carbocycles. The predicted molar refractivity (Wildman–Crippen MR) is 442 cm³/mol. The van der Waals surface area contributed by atoms with Crippen LogP contribution in [0.15, 0.2) is 0 Å². The van der Waals surface area contributed by atoms with Crippen LogP contribution in [0.3, 0.4) is 0 Å². The van der Waals surface area contributed by atoms with E-state index < -0.39 is 36.4 Å². The molecule has 0 amide bonds. The van der Waals surface area contributed by atoms with Crippen LogP contribution < -0.4 is 0 Å². The molecule has 1 aliphatic rings. The number of hydrogen-bond acceptors (Lipinski definition) is 9. The van der Waals surface area contributed by atoms with Gasteiger partial charge in [-0.05, 0) is 25.7 Å². The molecule has 1 saturated heterocycles. The second-order valence-corrected chi connectivity index (χ2v) is 32.9. The van der Waals surface area contributed by atoms with Crippen molar-refractivity contribution in [1.29, 1.82) is 0 Å². The first-order valence-electron chi connectivity index (χ1n) is 47.2. The molecule has 0 aliphatic carbocycles. The van der Waals surface area contributed by atoms with Crippen LogP contribution in [0, 0.1) is 0 Å². The summed E-state index contributed by atoms with van der Waals surface area (Å²) in [4.78, 5) is 55.0. The molecule has 1 fully saturated rings. The highest BCUT2D eigenvalue weighted by atomic mass is 16.7. The molecule has 1 heterocycles. The Labute approximate surface area is 642 Å². The van der Waals surface area contributed by atoms with Crippen molar-refractivity contribution >= 4 is 23.9 Å². The lowest BCUT2D eigenvalue weighted by Gasteiger charge is -2.40. The highest BCUT2D eigenvalue weighted by Crippen LogP contribution is 2.29. The van der Waals surface area contributed by atoms with E-state index in [-0.39, 0.29) is 44.4 Å². The molecule has 0 aromatic carbocycles. The summed E-state index contributed by atoms with van der Waals surface area (Å²) in [6, 6.07) is 0. The van der Waals surface area contributed by atoms with Gasteiger partial charge in [0.05, 0.1) is 6.61 Å². The van der Waals surface area contributed by atoms with E-state index in [1.54, 1.807) is 0 Å². The van der Waals surface area contributed by atoms with Gasteiger partial charge in [0.15, 0.2) is 18.3 Å². The van der Waals surface area contributed by atoms with Gasteiger partial charge < -0.3 is 23.7 Å². The van der Waals surface area contributed by atoms with Crippen LogP contribution in [-0.4, -0.2) is 61.5 Å². The molecule has 4 atom stereocenters. The van der Waals surface area contributed by atoms with Crippen LogP contribution >= 0.6 is 0 Å². The number of ether oxygens (including phenoxy) is 5. The third-order valence-corrected chi connectivity index (χ3v) is 22.7. The lowest BCUT2D eigenvalue weighted by atomic mass is 9.99. The van der Waals surface area contributed by atoms with E-state index in [9.17, 15) is 19.2 Å². The third-order valence-electron chi connectivity index (χ3n) is 22.7. The van der Waals surface area contributed by atoms with Gasteiger partial charge >= 0.3 is 23.9 Å². The van der Waals surface area contributed by atoms with Crippen molar-refractivity contribution in [3.63, 3.8) is 0 Å². The molecule has 9 heteroatoms. The summed E-state index contributed by atoms with van der Waals surface area (Å²) < 4.78 is 31.2. The number of carbonyl (C=O) groups is 4. The molecule has 0 radical (unpaired) electrons. The van der Waals surface area contributed by atoms with Crippen molar-refractivity contribution in [3.05, 3.63) is 0 Å². The summed E-state index contributed by atoms with van der Waals surface area (Å²) in [7, 11) is 0. The van der Waals surface area contributed by atoms with E-state index in [2.05, 4.69) is 27.7 Å². The topological polar surface area (TPSA) is 114 Å². The molecule has 0 aromatic rings. The minimum Gasteiger partial charge on any atom is -0.463 e. The molecule has 0 bridgehead atoms. The van der Waals surface area contributed by atoms with Crippen LogP contribution in [0.2, 0.25) is 0 Å². The monoisotopic (exact) mass is 1450 g/mol. The van der Waals surface area contributed by atoms with Gasteiger partial charge in [-0.2, -0.15) is 0 Å². The van der Waals surface area contributed by atoms with Crippen molar-refractivity contribution in [3.8, 4) is 0 Å². The van der Waals surface area contributed by atoms with Crippen LogP contribution in [0.5, 0.6) is 0 Å². The van der Waals surface area contributed by atoms with E-state index >= 15 is 0 Å². The molecule has 0 N–H and O–H groups in total. The van der Waals surface area contributed by atoms with Crippen molar-refractivity contribution in [2.45, 2.75) is 566 Å². The quantitative estimate of drug-likeness (QED) is 0.0334. The fourth-order valence-corrected chi connectivity index (χ4v) is 15.6. The third kappa shape index (κ3) is 71.2. The van der Waals surface area contributed by atoms with Gasteiger partial charge in [0, 0.05) is 25.7 Å². The van der Waals surface area contributed by atoms with E-state index in [1.807, 2.05) is 0 Å². The van der Waals surface area contributed by atoms with Crippen LogP contribution in [0.1, 0.15) is 541 Å². The van der Waals surface area contributed by atoms with Gasteiger partial charge in [-0.3, -0.25) is 19.2 Å². The second-order valence-electron chi connectivity index (χ2n) is 32.9. The fraction of sp³-hybridized carbons (Fsp3) is 0.957. The summed E-state index contributed by atoms with van der Waals surface area (Å²) in [5.41, 5.74) is 0. The first kappa shape index (κ1) is 98.8. The Hall–Kier alpha value is -2.16. The zero-order valence-electron chi connectivity index (χ0n) is 70.0. The average Bonchev–Trinajstić information content (AvgIpc) is 0.806. The van der Waals surface area contributed by atoms with E-state index in [1.165, 1.54) is 411 Å². The van der Waals surface area contributed by atoms with Gasteiger partial charge in [0.1, 0.15) is 12.7 Å². The minimum atomic E-state index is -1.09. The number of unbranched alkanes of at least 4 members (excludes halogenated alkanes) is 72. The summed E-state index contributed by atoms with van der Waals surface area (Å²) in [6.45, 7) is 8.98. The maximum absolute atomic E-state index is 14.0. The van der Waals surface area contributed by atoms with Crippen LogP contribution in [0.25, 0.3) is 0 Å². The number of carbonyl (C=O) groups excluding carboxylic acids is 4. The number of hydrogen-bond donors (Lipinski definition) is 0. The molecule has 0 unspecified atom stereocenters. The smallest absolute Gasteiger partial charge is 0.306 e. The molecule has 0 aromatic heterocycles. The summed E-state index contributed by atoms with van der Waals surface area (Å²) in [5, 5.41) is 0. The molecule has 9 nitrogen and oxygen atoms in total. The standard InChI is InChI=1S/C94H180O9/c1-5-9-13-17-21-25-29-33-37-41-45-49-53-57-61-65-69-73-77-81-89(95)100-85-87-93(102-91(97)83-79-75-71-67-63-59-55-51-47-43-39-35-31-27-23-19-15-11-7-3)94(103-92(98)84-80-76-72-68-64-60-56-52-48-44-40-36-32-28-24-20-16-12-8-4)88(86-99-87)101-90(96)82-78-74-70-66-62-58-54-50-46-42-38-34-30-26-22-18-14-10-6-2/h87-88,93-94H,5-86H2,1-4H3/t87-,88-,93-,94-/m1/s1. The van der Waals surface area contributed by atoms with Crippen molar-refractivity contribution in [1.82, 2.24) is 0 Å². The van der Waals surface area contributed by atoms with E-state index in [0.29, 0.717) is 19.3 Å². The Balaban J connectivity index is 2.83. The molecule has 610 valence electrons. The maximum atomic E-state index is 14.0. The normalized spacial score (nSPS) is 15.3.